The fourth-order valence-corrected chi connectivity index (χ4v) is 2.75. The molecule has 2 fully saturated rings. The fraction of sp³-hybridized carbons (Fsp3) is 0.917. The number of carbonyl (C=O) groups is 1. The number of ether oxygens (including phenoxy) is 1. The molecule has 2 aliphatic rings. The Morgan fingerprint density at radius 2 is 1.82 bits per heavy atom. The molecular weight excluding hydrogens is 228 g/mol. The zero-order chi connectivity index (χ0) is 13.1. The number of nitrogens with two attached hydrogens (primary N) is 1. The molecule has 2 rings (SSSR count). The number of alkyl halides is 2. The Bertz CT molecular complexity index is 335. The summed E-state index contributed by atoms with van der Waals surface area (Å²) in [5.41, 5.74) is 4.13. The monoisotopic (exact) mass is 247 g/mol. The normalized spacial score (nSPS) is 38.7. The van der Waals surface area contributed by atoms with Gasteiger partial charge in [0.05, 0.1) is 5.41 Å². The van der Waals surface area contributed by atoms with Gasteiger partial charge in [0.1, 0.15) is 5.60 Å². The summed E-state index contributed by atoms with van der Waals surface area (Å²) in [5, 5.41) is 0. The van der Waals surface area contributed by atoms with E-state index in [1.807, 2.05) is 0 Å². The SMILES string of the molecule is CC(C)(C)OC(=O)C1(CN)CC2C(C1)C2(F)F. The van der Waals surface area contributed by atoms with Crippen LogP contribution >= 0.6 is 0 Å². The molecule has 0 bridgehead atoms. The summed E-state index contributed by atoms with van der Waals surface area (Å²) in [6, 6.07) is 0. The van der Waals surface area contributed by atoms with Crippen LogP contribution in [-0.2, 0) is 9.53 Å². The van der Waals surface area contributed by atoms with Gasteiger partial charge in [-0.2, -0.15) is 0 Å². The predicted octanol–water partition coefficient (Wildman–Crippen LogP) is 1.95. The van der Waals surface area contributed by atoms with Gasteiger partial charge in [-0.05, 0) is 33.6 Å². The summed E-state index contributed by atoms with van der Waals surface area (Å²) in [7, 11) is 0. The van der Waals surface area contributed by atoms with Crippen molar-refractivity contribution >= 4 is 5.97 Å². The Balaban J connectivity index is 2.07. The zero-order valence-electron chi connectivity index (χ0n) is 10.4. The van der Waals surface area contributed by atoms with Crippen molar-refractivity contribution in [3.05, 3.63) is 0 Å². The molecule has 5 heteroatoms. The van der Waals surface area contributed by atoms with Crippen molar-refractivity contribution in [1.29, 1.82) is 0 Å². The molecule has 17 heavy (non-hydrogen) atoms. The summed E-state index contributed by atoms with van der Waals surface area (Å²) in [6.07, 6.45) is 0.326. The summed E-state index contributed by atoms with van der Waals surface area (Å²) in [4.78, 5) is 12.0. The average molecular weight is 247 g/mol. The molecule has 2 unspecified atom stereocenters. The lowest BCUT2D eigenvalue weighted by Crippen LogP contribution is -2.43. The Morgan fingerprint density at radius 3 is 2.18 bits per heavy atom. The van der Waals surface area contributed by atoms with Gasteiger partial charge in [0, 0.05) is 18.4 Å². The minimum Gasteiger partial charge on any atom is -0.460 e. The third-order valence-corrected chi connectivity index (χ3v) is 3.81. The Labute approximate surface area is 99.7 Å². The molecule has 0 amide bonds. The highest BCUT2D eigenvalue weighted by Gasteiger charge is 2.76. The van der Waals surface area contributed by atoms with E-state index in [0.717, 1.165) is 0 Å². The van der Waals surface area contributed by atoms with Crippen LogP contribution in [0.1, 0.15) is 33.6 Å². The second-order valence-corrected chi connectivity index (χ2v) is 6.28. The van der Waals surface area contributed by atoms with Gasteiger partial charge in [0.15, 0.2) is 0 Å². The van der Waals surface area contributed by atoms with E-state index in [9.17, 15) is 13.6 Å². The van der Waals surface area contributed by atoms with Crippen LogP contribution in [0.4, 0.5) is 8.78 Å². The highest BCUT2D eigenvalue weighted by Crippen LogP contribution is 2.69. The molecule has 0 spiro atoms. The second kappa shape index (κ2) is 3.40. The van der Waals surface area contributed by atoms with Gasteiger partial charge in [-0.25, -0.2) is 8.78 Å². The number of hydrogen-bond acceptors (Lipinski definition) is 3. The van der Waals surface area contributed by atoms with Gasteiger partial charge in [0.2, 0.25) is 0 Å². The lowest BCUT2D eigenvalue weighted by Gasteiger charge is -2.31. The highest BCUT2D eigenvalue weighted by molar-refractivity contribution is 5.78. The van der Waals surface area contributed by atoms with Gasteiger partial charge < -0.3 is 10.5 Å². The maximum atomic E-state index is 13.1. The third-order valence-electron chi connectivity index (χ3n) is 3.81. The number of fused-ring (bicyclic) bond motifs is 1. The molecule has 0 saturated heterocycles. The van der Waals surface area contributed by atoms with Crippen molar-refractivity contribution in [3.63, 3.8) is 0 Å². The molecule has 0 heterocycles. The molecule has 2 N–H and O–H groups in total. The van der Waals surface area contributed by atoms with Crippen LogP contribution in [0.2, 0.25) is 0 Å². The van der Waals surface area contributed by atoms with Crippen LogP contribution < -0.4 is 5.73 Å². The minimum absolute atomic E-state index is 0.0883. The third kappa shape index (κ3) is 1.94. The maximum Gasteiger partial charge on any atom is 0.313 e. The van der Waals surface area contributed by atoms with E-state index in [0.29, 0.717) is 0 Å². The van der Waals surface area contributed by atoms with Crippen molar-refractivity contribution in [3.8, 4) is 0 Å². The predicted molar refractivity (Wildman–Crippen MR) is 58.5 cm³/mol. The summed E-state index contributed by atoms with van der Waals surface area (Å²) >= 11 is 0. The van der Waals surface area contributed by atoms with Crippen LogP contribution in [0.25, 0.3) is 0 Å². The molecule has 0 aromatic heterocycles. The first-order valence-corrected chi connectivity index (χ1v) is 5.94. The van der Waals surface area contributed by atoms with Gasteiger partial charge in [-0.1, -0.05) is 0 Å². The topological polar surface area (TPSA) is 52.3 Å². The van der Waals surface area contributed by atoms with E-state index in [2.05, 4.69) is 0 Å². The first-order chi connectivity index (χ1) is 7.62. The minimum atomic E-state index is -2.58. The molecule has 0 aromatic rings. The number of halogens is 2. The summed E-state index contributed by atoms with van der Waals surface area (Å²) < 4.78 is 31.5. The quantitative estimate of drug-likeness (QED) is 0.759. The fourth-order valence-electron chi connectivity index (χ4n) is 2.75. The molecule has 98 valence electrons. The van der Waals surface area contributed by atoms with Crippen LogP contribution in [0.3, 0.4) is 0 Å². The highest BCUT2D eigenvalue weighted by atomic mass is 19.3. The number of rotatable bonds is 2. The standard InChI is InChI=1S/C12H19F2NO2/c1-10(2,3)17-9(16)11(6-15)4-7-8(5-11)12(7,13)14/h7-8H,4-6,15H2,1-3H3. The van der Waals surface area contributed by atoms with E-state index in [4.69, 9.17) is 10.5 Å². The largest absolute Gasteiger partial charge is 0.460 e. The Hall–Kier alpha value is -0.710. The second-order valence-electron chi connectivity index (χ2n) is 6.28. The average Bonchev–Trinajstić information content (AvgIpc) is 2.61. The van der Waals surface area contributed by atoms with Crippen molar-refractivity contribution in [2.24, 2.45) is 23.0 Å². The van der Waals surface area contributed by atoms with E-state index in [1.165, 1.54) is 0 Å². The first kappa shape index (κ1) is 12.7. The molecule has 2 saturated carbocycles. The molecule has 0 aromatic carbocycles. The van der Waals surface area contributed by atoms with E-state index in [1.54, 1.807) is 20.8 Å². The smallest absolute Gasteiger partial charge is 0.313 e. The van der Waals surface area contributed by atoms with Gasteiger partial charge in [-0.3, -0.25) is 4.79 Å². The van der Waals surface area contributed by atoms with Gasteiger partial charge in [0.25, 0.3) is 5.92 Å². The van der Waals surface area contributed by atoms with E-state index >= 15 is 0 Å². The van der Waals surface area contributed by atoms with Gasteiger partial charge in [-0.15, -0.1) is 0 Å². The first-order valence-electron chi connectivity index (χ1n) is 5.94. The molecular formula is C12H19F2NO2. The van der Waals surface area contributed by atoms with Crippen LogP contribution in [0.15, 0.2) is 0 Å². The van der Waals surface area contributed by atoms with Crippen molar-refractivity contribution in [2.45, 2.75) is 45.1 Å². The van der Waals surface area contributed by atoms with Crippen molar-refractivity contribution in [2.75, 3.05) is 6.54 Å². The molecule has 3 nitrogen and oxygen atoms in total. The van der Waals surface area contributed by atoms with E-state index < -0.39 is 34.7 Å². The number of esters is 1. The van der Waals surface area contributed by atoms with Crippen LogP contribution in [-0.4, -0.2) is 24.0 Å². The Kier molecular flexibility index (Phi) is 2.55. The lowest BCUT2D eigenvalue weighted by molar-refractivity contribution is -0.168. The Morgan fingerprint density at radius 1 is 1.35 bits per heavy atom. The number of carbonyl (C=O) groups excluding carboxylic acids is 1. The molecule has 2 atom stereocenters. The molecule has 0 aliphatic heterocycles. The summed E-state index contributed by atoms with van der Waals surface area (Å²) in [6.45, 7) is 5.38. The van der Waals surface area contributed by atoms with Crippen LogP contribution in [0, 0.1) is 17.3 Å². The van der Waals surface area contributed by atoms with Crippen molar-refractivity contribution < 1.29 is 18.3 Å². The van der Waals surface area contributed by atoms with Crippen molar-refractivity contribution in [1.82, 2.24) is 0 Å². The molecule has 2 aliphatic carbocycles. The lowest BCUT2D eigenvalue weighted by atomic mass is 9.82. The maximum absolute atomic E-state index is 13.1. The van der Waals surface area contributed by atoms with Crippen LogP contribution in [0.5, 0.6) is 0 Å². The number of hydrogen-bond donors (Lipinski definition) is 1. The van der Waals surface area contributed by atoms with Gasteiger partial charge >= 0.3 is 5.97 Å². The zero-order valence-corrected chi connectivity index (χ0v) is 10.4. The molecule has 0 radical (unpaired) electrons. The van der Waals surface area contributed by atoms with E-state index in [-0.39, 0.29) is 19.4 Å². The summed E-state index contributed by atoms with van der Waals surface area (Å²) in [5.74, 6) is -4.34.